The van der Waals surface area contributed by atoms with Crippen LogP contribution in [0.4, 0.5) is 0 Å². The van der Waals surface area contributed by atoms with Crippen LogP contribution in [-0.2, 0) is 28.7 Å². The summed E-state index contributed by atoms with van der Waals surface area (Å²) >= 11 is 0. The van der Waals surface area contributed by atoms with Crippen LogP contribution in [0.25, 0.3) is 0 Å². The van der Waals surface area contributed by atoms with Gasteiger partial charge in [0.15, 0.2) is 0 Å². The summed E-state index contributed by atoms with van der Waals surface area (Å²) in [5.41, 5.74) is -0.498. The van der Waals surface area contributed by atoms with Crippen LogP contribution in [0.2, 0.25) is 0 Å². The van der Waals surface area contributed by atoms with Crippen LogP contribution >= 0.6 is 0 Å². The van der Waals surface area contributed by atoms with Crippen molar-refractivity contribution in [1.29, 1.82) is 0 Å². The van der Waals surface area contributed by atoms with E-state index < -0.39 is 23.9 Å². The van der Waals surface area contributed by atoms with Crippen molar-refractivity contribution in [3.05, 3.63) is 23.3 Å². The summed E-state index contributed by atoms with van der Waals surface area (Å²) in [4.78, 5) is 41.0. The number of hydrogen-bond acceptors (Lipinski definition) is 10. The predicted molar refractivity (Wildman–Crippen MR) is 99.2 cm³/mol. The van der Waals surface area contributed by atoms with Crippen molar-refractivity contribution in [3.63, 3.8) is 0 Å². The van der Waals surface area contributed by atoms with Crippen molar-refractivity contribution < 1.29 is 49.1 Å². The SMILES string of the molecule is COCCCC/C(=C/C(=O)[O-])C(=O)[O-].COCCCC/C(=C/C(=O)[O-])C(=O)[O-].[Mg+2].[Mg+2]. The molecule has 0 radical (unpaired) electrons. The quantitative estimate of drug-likeness (QED) is 0.143. The van der Waals surface area contributed by atoms with Gasteiger partial charge >= 0.3 is 46.1 Å². The molecule has 0 aromatic rings. The Labute approximate surface area is 207 Å². The Balaban J connectivity index is -0.000000211. The third-order valence-electron chi connectivity index (χ3n) is 3.20. The topological polar surface area (TPSA) is 179 Å². The Morgan fingerprint density at radius 1 is 0.633 bits per heavy atom. The second kappa shape index (κ2) is 24.1. The van der Waals surface area contributed by atoms with E-state index in [1.54, 1.807) is 0 Å². The predicted octanol–water partition coefficient (Wildman–Crippen LogP) is -4.30. The number of ether oxygens (including phenoxy) is 2. The summed E-state index contributed by atoms with van der Waals surface area (Å²) in [6.45, 7) is 1.04. The van der Waals surface area contributed by atoms with Crippen LogP contribution < -0.4 is 20.4 Å². The molecule has 0 unspecified atom stereocenters. The van der Waals surface area contributed by atoms with E-state index in [4.69, 9.17) is 9.47 Å². The van der Waals surface area contributed by atoms with Crippen LogP contribution in [0.15, 0.2) is 23.3 Å². The molecule has 12 heteroatoms. The maximum atomic E-state index is 10.4. The van der Waals surface area contributed by atoms with Crippen molar-refractivity contribution in [3.8, 4) is 0 Å². The molecule has 0 bridgehead atoms. The van der Waals surface area contributed by atoms with Gasteiger partial charge in [-0.05, 0) is 61.8 Å². The van der Waals surface area contributed by atoms with E-state index in [1.807, 2.05) is 0 Å². The Hall–Kier alpha value is -1.19. The first kappa shape index (κ1) is 36.2. The number of methoxy groups -OCH3 is 2. The van der Waals surface area contributed by atoms with Gasteiger partial charge in [-0.3, -0.25) is 0 Å². The maximum Gasteiger partial charge on any atom is 2.00 e. The number of rotatable bonds is 14. The fourth-order valence-corrected chi connectivity index (χ4v) is 1.87. The number of unbranched alkanes of at least 4 members (excludes halogenated alkanes) is 2. The Bertz CT molecular complexity index is 523. The summed E-state index contributed by atoms with van der Waals surface area (Å²) in [7, 11) is 3.08. The van der Waals surface area contributed by atoms with Gasteiger partial charge in [-0.2, -0.15) is 0 Å². The minimum Gasteiger partial charge on any atom is -0.545 e. The molecule has 0 amide bonds. The third-order valence-corrected chi connectivity index (χ3v) is 3.20. The number of carbonyl (C=O) groups excluding carboxylic acids is 4. The molecule has 30 heavy (non-hydrogen) atoms. The maximum absolute atomic E-state index is 10.4. The smallest absolute Gasteiger partial charge is 0.545 e. The molecule has 0 spiro atoms. The average Bonchev–Trinajstić information content (AvgIpc) is 2.60. The van der Waals surface area contributed by atoms with Crippen molar-refractivity contribution in [2.45, 2.75) is 38.5 Å². The number of carboxylic acid groups (broad SMARTS) is 4. The first-order chi connectivity index (χ1) is 13.1. The van der Waals surface area contributed by atoms with E-state index in [0.29, 0.717) is 51.0 Å². The molecule has 0 rings (SSSR count). The molecule has 10 nitrogen and oxygen atoms in total. The number of hydrogen-bond donors (Lipinski definition) is 0. The molecular formula is C18H24Mg2O10. The van der Waals surface area contributed by atoms with Crippen molar-refractivity contribution in [2.24, 2.45) is 0 Å². The summed E-state index contributed by atoms with van der Waals surface area (Å²) in [6, 6.07) is 0. The van der Waals surface area contributed by atoms with Crippen molar-refractivity contribution >= 4 is 70.0 Å². The number of carbonyl (C=O) groups is 4. The molecule has 0 atom stereocenters. The fourth-order valence-electron chi connectivity index (χ4n) is 1.87. The van der Waals surface area contributed by atoms with Crippen LogP contribution in [-0.4, -0.2) is 97.4 Å². The van der Waals surface area contributed by atoms with Gasteiger partial charge < -0.3 is 49.1 Å². The van der Waals surface area contributed by atoms with Crippen LogP contribution in [0.5, 0.6) is 0 Å². The summed E-state index contributed by atoms with van der Waals surface area (Å²) < 4.78 is 9.51. The molecule has 0 fully saturated rings. The zero-order valence-corrected chi connectivity index (χ0v) is 20.1. The van der Waals surface area contributed by atoms with Gasteiger partial charge in [-0.15, -0.1) is 0 Å². The average molecular weight is 449 g/mol. The molecule has 0 heterocycles. The summed E-state index contributed by atoms with van der Waals surface area (Å²) in [5, 5.41) is 41.0. The van der Waals surface area contributed by atoms with Crippen LogP contribution in [0.3, 0.4) is 0 Å². The molecule has 0 aromatic carbocycles. The molecule has 160 valence electrons. The second-order valence-electron chi connectivity index (χ2n) is 5.45. The second-order valence-corrected chi connectivity index (χ2v) is 5.45. The number of aliphatic carboxylic acids is 4. The normalized spacial score (nSPS) is 10.6. The van der Waals surface area contributed by atoms with E-state index in [0.717, 1.165) is 0 Å². The van der Waals surface area contributed by atoms with Gasteiger partial charge in [0.1, 0.15) is 0 Å². The molecule has 0 aromatic heterocycles. The molecule has 0 aliphatic heterocycles. The number of carboxylic acids is 4. The fraction of sp³-hybridized carbons (Fsp3) is 0.556. The molecular weight excluding hydrogens is 425 g/mol. The van der Waals surface area contributed by atoms with E-state index in [1.165, 1.54) is 14.2 Å². The van der Waals surface area contributed by atoms with E-state index in [2.05, 4.69) is 0 Å². The Kier molecular flexibility index (Phi) is 29.1. The van der Waals surface area contributed by atoms with E-state index in [-0.39, 0.29) is 70.1 Å². The van der Waals surface area contributed by atoms with Crippen molar-refractivity contribution in [1.82, 2.24) is 0 Å². The van der Waals surface area contributed by atoms with Gasteiger partial charge in [-0.1, -0.05) is 0 Å². The van der Waals surface area contributed by atoms with Gasteiger partial charge in [-0.25, -0.2) is 0 Å². The molecule has 0 N–H and O–H groups in total. The molecule has 0 saturated carbocycles. The van der Waals surface area contributed by atoms with E-state index in [9.17, 15) is 39.6 Å². The zero-order valence-electron chi connectivity index (χ0n) is 17.3. The van der Waals surface area contributed by atoms with Crippen LogP contribution in [0.1, 0.15) is 38.5 Å². The standard InChI is InChI=1S/2C9H14O5.2Mg/c2*1-14-5-3-2-4-7(9(12)13)6-8(10)11;;/h2*6H,2-5H2,1H3,(H,10,11)(H,12,13);;/q;;2*+2/p-4/b2*7-6-;;. The first-order valence-corrected chi connectivity index (χ1v) is 8.39. The molecule has 0 aliphatic rings. The van der Waals surface area contributed by atoms with Gasteiger partial charge in [0.25, 0.3) is 0 Å². The largest absolute Gasteiger partial charge is 2.00 e. The van der Waals surface area contributed by atoms with Crippen LogP contribution in [0, 0.1) is 0 Å². The van der Waals surface area contributed by atoms with E-state index >= 15 is 0 Å². The zero-order chi connectivity index (χ0) is 21.9. The third kappa shape index (κ3) is 24.8. The summed E-state index contributed by atoms with van der Waals surface area (Å²) in [6.07, 6.45) is 3.85. The first-order valence-electron chi connectivity index (χ1n) is 8.39. The molecule has 0 saturated heterocycles. The van der Waals surface area contributed by atoms with Gasteiger partial charge in [0, 0.05) is 27.4 Å². The monoisotopic (exact) mass is 448 g/mol. The Morgan fingerprint density at radius 2 is 0.933 bits per heavy atom. The van der Waals surface area contributed by atoms with Gasteiger partial charge in [0.2, 0.25) is 0 Å². The molecule has 0 aliphatic carbocycles. The van der Waals surface area contributed by atoms with Gasteiger partial charge in [0.05, 0.1) is 23.9 Å². The Morgan fingerprint density at radius 3 is 1.13 bits per heavy atom. The minimum absolute atomic E-state index is 0. The summed E-state index contributed by atoms with van der Waals surface area (Å²) in [5.74, 6) is -5.97. The van der Waals surface area contributed by atoms with Crippen molar-refractivity contribution in [2.75, 3.05) is 27.4 Å². The minimum atomic E-state index is -1.52.